The summed E-state index contributed by atoms with van der Waals surface area (Å²) in [5.74, 6) is 0.654. The van der Waals surface area contributed by atoms with Crippen LogP contribution in [0, 0.1) is 12.3 Å². The van der Waals surface area contributed by atoms with E-state index in [2.05, 4.69) is 22.8 Å². The van der Waals surface area contributed by atoms with Crippen molar-refractivity contribution in [1.29, 1.82) is 5.41 Å². The van der Waals surface area contributed by atoms with Crippen molar-refractivity contribution in [3.8, 4) is 5.75 Å². The minimum absolute atomic E-state index is 0.0152. The molecule has 0 spiro atoms. The fourth-order valence-electron chi connectivity index (χ4n) is 3.66. The van der Waals surface area contributed by atoms with E-state index in [-0.39, 0.29) is 11.6 Å². The van der Waals surface area contributed by atoms with E-state index in [9.17, 15) is 8.42 Å². The van der Waals surface area contributed by atoms with Crippen molar-refractivity contribution in [1.82, 2.24) is 5.32 Å². The number of hydrogen-bond donors (Lipinski definition) is 3. The van der Waals surface area contributed by atoms with Crippen molar-refractivity contribution < 1.29 is 13.2 Å². The Kier molecular flexibility index (Phi) is 4.01. The van der Waals surface area contributed by atoms with Crippen molar-refractivity contribution >= 4 is 27.0 Å². The molecule has 0 aliphatic carbocycles. The van der Waals surface area contributed by atoms with E-state index in [1.165, 1.54) is 0 Å². The van der Waals surface area contributed by atoms with Gasteiger partial charge in [-0.15, -0.1) is 0 Å². The van der Waals surface area contributed by atoms with E-state index in [1.807, 2.05) is 38.1 Å². The molecule has 2 aliphatic rings. The number of sulfone groups is 1. The lowest BCUT2D eigenvalue weighted by atomic mass is 9.91. The Hall–Kier alpha value is -2.54. The minimum atomic E-state index is -3.49. The number of rotatable bonds is 1. The Labute approximate surface area is 165 Å². The fourth-order valence-corrected chi connectivity index (χ4v) is 5.39. The summed E-state index contributed by atoms with van der Waals surface area (Å²) in [5.41, 5.74) is 3.90. The number of fused-ring (bicyclic) bond motifs is 2. The average Bonchev–Trinajstić information content (AvgIpc) is 2.77. The van der Waals surface area contributed by atoms with Crippen LogP contribution in [0.5, 0.6) is 5.75 Å². The first-order valence-corrected chi connectivity index (χ1v) is 10.9. The first kappa shape index (κ1) is 18.8. The lowest BCUT2D eigenvalue weighted by Crippen LogP contribution is -2.63. The van der Waals surface area contributed by atoms with Crippen LogP contribution in [0.2, 0.25) is 0 Å². The van der Waals surface area contributed by atoms with Crippen molar-refractivity contribution in [2.45, 2.75) is 44.6 Å². The lowest BCUT2D eigenvalue weighted by molar-refractivity contribution is 0.310. The first-order chi connectivity index (χ1) is 13.0. The van der Waals surface area contributed by atoms with Gasteiger partial charge in [-0.1, -0.05) is 18.2 Å². The van der Waals surface area contributed by atoms with E-state index in [0.29, 0.717) is 6.61 Å². The number of nitrogens with one attached hydrogen (secondary N) is 3. The molecule has 2 aliphatic heterocycles. The van der Waals surface area contributed by atoms with Gasteiger partial charge >= 0.3 is 0 Å². The monoisotopic (exact) mass is 399 g/mol. The quantitative estimate of drug-likeness (QED) is 0.681. The standard InChI is InChI=1S/C21H25N3O3S/c1-13-5-6-14-11-27-18-8-7-15(10-17(18)23-16(14)9-13)21(4)12-28(25,26)20(2,3)19(22)24-21/h5-10,23H,11-12H2,1-4H3,(H2,22,24)/t21-/m0/s1. The SMILES string of the molecule is Cc1ccc2c(c1)Nc1cc([C@]3(C)CS(=O)(=O)C(C)(C)C(=N)N3)ccc1OC2. The van der Waals surface area contributed by atoms with Gasteiger partial charge in [-0.3, -0.25) is 5.41 Å². The molecule has 2 aromatic carbocycles. The van der Waals surface area contributed by atoms with Gasteiger partial charge < -0.3 is 15.4 Å². The zero-order valence-electron chi connectivity index (χ0n) is 16.5. The zero-order chi connectivity index (χ0) is 20.3. The molecule has 2 aromatic rings. The molecule has 3 N–H and O–H groups in total. The second-order valence-electron chi connectivity index (χ2n) is 8.39. The number of aryl methyl sites for hydroxylation is 1. The number of amidine groups is 1. The van der Waals surface area contributed by atoms with E-state index < -0.39 is 20.1 Å². The summed E-state index contributed by atoms with van der Waals surface area (Å²) in [6.45, 7) is 7.48. The molecular formula is C21H25N3O3S. The van der Waals surface area contributed by atoms with Gasteiger partial charge in [0, 0.05) is 11.3 Å². The zero-order valence-corrected chi connectivity index (χ0v) is 17.3. The molecule has 28 heavy (non-hydrogen) atoms. The molecule has 0 unspecified atom stereocenters. The van der Waals surface area contributed by atoms with Crippen LogP contribution >= 0.6 is 0 Å². The van der Waals surface area contributed by atoms with Gasteiger partial charge in [0.2, 0.25) is 0 Å². The first-order valence-electron chi connectivity index (χ1n) is 9.25. The molecule has 6 nitrogen and oxygen atoms in total. The van der Waals surface area contributed by atoms with Crippen LogP contribution in [0.25, 0.3) is 0 Å². The fraction of sp³-hybridized carbons (Fsp3) is 0.381. The summed E-state index contributed by atoms with van der Waals surface area (Å²) in [4.78, 5) is 0. The Morgan fingerprint density at radius 1 is 1.07 bits per heavy atom. The smallest absolute Gasteiger partial charge is 0.165 e. The number of ether oxygens (including phenoxy) is 1. The Bertz CT molecular complexity index is 1090. The van der Waals surface area contributed by atoms with E-state index in [0.717, 1.165) is 33.8 Å². The molecule has 1 fully saturated rings. The van der Waals surface area contributed by atoms with Gasteiger partial charge in [0.25, 0.3) is 0 Å². The molecule has 1 saturated heterocycles. The van der Waals surface area contributed by atoms with Gasteiger partial charge in [0.05, 0.1) is 17.0 Å². The topological polar surface area (TPSA) is 91.3 Å². The molecule has 2 heterocycles. The van der Waals surface area contributed by atoms with Crippen molar-refractivity contribution in [2.24, 2.45) is 0 Å². The molecule has 0 radical (unpaired) electrons. The molecule has 1 atom stereocenters. The number of hydrogen-bond acceptors (Lipinski definition) is 5. The van der Waals surface area contributed by atoms with Gasteiger partial charge in [-0.05, 0) is 57.0 Å². The van der Waals surface area contributed by atoms with Crippen molar-refractivity contribution in [3.05, 3.63) is 53.1 Å². The van der Waals surface area contributed by atoms with Crippen molar-refractivity contribution in [2.75, 3.05) is 11.1 Å². The molecule has 0 aromatic heterocycles. The maximum absolute atomic E-state index is 12.8. The summed E-state index contributed by atoms with van der Waals surface area (Å²) < 4.78 is 30.4. The third kappa shape index (κ3) is 2.85. The molecule has 7 heteroatoms. The molecule has 0 saturated carbocycles. The largest absolute Gasteiger partial charge is 0.487 e. The molecule has 0 amide bonds. The predicted molar refractivity (Wildman–Crippen MR) is 111 cm³/mol. The second kappa shape index (κ2) is 5.98. The van der Waals surface area contributed by atoms with Crippen LogP contribution < -0.4 is 15.4 Å². The lowest BCUT2D eigenvalue weighted by Gasteiger charge is -2.43. The Balaban J connectivity index is 1.75. The minimum Gasteiger partial charge on any atom is -0.487 e. The van der Waals surface area contributed by atoms with E-state index >= 15 is 0 Å². The third-order valence-electron chi connectivity index (χ3n) is 5.79. The summed E-state index contributed by atoms with van der Waals surface area (Å²) in [6.07, 6.45) is 0. The highest BCUT2D eigenvalue weighted by atomic mass is 32.2. The highest BCUT2D eigenvalue weighted by Gasteiger charge is 2.50. The van der Waals surface area contributed by atoms with Crippen LogP contribution in [0.4, 0.5) is 11.4 Å². The normalized spacial score (nSPS) is 24.6. The third-order valence-corrected chi connectivity index (χ3v) is 8.51. The van der Waals surface area contributed by atoms with Crippen LogP contribution in [-0.2, 0) is 22.0 Å². The van der Waals surface area contributed by atoms with Crippen LogP contribution in [0.3, 0.4) is 0 Å². The Morgan fingerprint density at radius 2 is 1.82 bits per heavy atom. The number of benzene rings is 2. The van der Waals surface area contributed by atoms with Gasteiger partial charge in [-0.2, -0.15) is 0 Å². The summed E-state index contributed by atoms with van der Waals surface area (Å²) in [6, 6.07) is 11.8. The predicted octanol–water partition coefficient (Wildman–Crippen LogP) is 3.62. The maximum atomic E-state index is 12.8. The Morgan fingerprint density at radius 3 is 2.54 bits per heavy atom. The van der Waals surface area contributed by atoms with E-state index in [4.69, 9.17) is 10.1 Å². The maximum Gasteiger partial charge on any atom is 0.165 e. The van der Waals surface area contributed by atoms with Crippen LogP contribution in [0.15, 0.2) is 36.4 Å². The number of anilines is 2. The molecule has 0 bridgehead atoms. The molecular weight excluding hydrogens is 374 g/mol. The van der Waals surface area contributed by atoms with Crippen LogP contribution in [0.1, 0.15) is 37.5 Å². The highest BCUT2D eigenvalue weighted by Crippen LogP contribution is 2.39. The second-order valence-corrected chi connectivity index (χ2v) is 10.9. The van der Waals surface area contributed by atoms with Crippen molar-refractivity contribution in [3.63, 3.8) is 0 Å². The van der Waals surface area contributed by atoms with Crippen LogP contribution in [-0.4, -0.2) is 24.8 Å². The molecule has 148 valence electrons. The van der Waals surface area contributed by atoms with Gasteiger partial charge in [0.1, 0.15) is 22.9 Å². The highest BCUT2D eigenvalue weighted by molar-refractivity contribution is 7.93. The average molecular weight is 400 g/mol. The summed E-state index contributed by atoms with van der Waals surface area (Å²) >= 11 is 0. The summed E-state index contributed by atoms with van der Waals surface area (Å²) in [7, 11) is -3.49. The van der Waals surface area contributed by atoms with Gasteiger partial charge in [-0.25, -0.2) is 8.42 Å². The molecule has 4 rings (SSSR count). The summed E-state index contributed by atoms with van der Waals surface area (Å²) in [5, 5.41) is 14.8. The van der Waals surface area contributed by atoms with Gasteiger partial charge in [0.15, 0.2) is 9.84 Å². The van der Waals surface area contributed by atoms with E-state index in [1.54, 1.807) is 13.8 Å².